The van der Waals surface area contributed by atoms with Gasteiger partial charge in [0.1, 0.15) is 0 Å². The minimum atomic E-state index is -0.00411. The van der Waals surface area contributed by atoms with Crippen molar-refractivity contribution >= 4 is 16.5 Å². The van der Waals surface area contributed by atoms with Gasteiger partial charge in [-0.15, -0.1) is 0 Å². The van der Waals surface area contributed by atoms with Crippen LogP contribution in [-0.4, -0.2) is 31.3 Å². The van der Waals surface area contributed by atoms with Gasteiger partial charge >= 0.3 is 0 Å². The molecule has 4 heteroatoms. The summed E-state index contributed by atoms with van der Waals surface area (Å²) in [6.07, 6.45) is 0.875. The zero-order valence-corrected chi connectivity index (χ0v) is 13.3. The Morgan fingerprint density at radius 1 is 1.00 bits per heavy atom. The molecule has 0 spiro atoms. The van der Waals surface area contributed by atoms with Crippen LogP contribution in [-0.2, 0) is 11.2 Å². The molecule has 120 valence electrons. The number of aromatic amines is 1. The number of rotatable bonds is 1. The van der Waals surface area contributed by atoms with Gasteiger partial charge in [-0.05, 0) is 23.3 Å². The molecule has 24 heavy (non-hydrogen) atoms. The van der Waals surface area contributed by atoms with Crippen LogP contribution in [0.3, 0.4) is 0 Å². The summed E-state index contributed by atoms with van der Waals surface area (Å²) in [5, 5.41) is 1.89. The number of hydrogen-bond acceptors (Lipinski definition) is 3. The van der Waals surface area contributed by atoms with Crippen LogP contribution in [0.4, 0.5) is 5.69 Å². The van der Waals surface area contributed by atoms with E-state index in [0.29, 0.717) is 0 Å². The van der Waals surface area contributed by atoms with E-state index in [4.69, 9.17) is 4.74 Å². The van der Waals surface area contributed by atoms with Crippen molar-refractivity contribution in [3.63, 3.8) is 0 Å². The molecule has 1 aliphatic carbocycles. The van der Waals surface area contributed by atoms with Crippen molar-refractivity contribution < 1.29 is 4.74 Å². The van der Waals surface area contributed by atoms with Gasteiger partial charge in [0, 0.05) is 41.5 Å². The van der Waals surface area contributed by atoms with Gasteiger partial charge < -0.3 is 14.6 Å². The third kappa shape index (κ3) is 1.93. The molecule has 1 aliphatic heterocycles. The van der Waals surface area contributed by atoms with Crippen LogP contribution in [0.15, 0.2) is 47.3 Å². The van der Waals surface area contributed by atoms with Gasteiger partial charge in [0.25, 0.3) is 5.56 Å². The number of pyridine rings is 1. The van der Waals surface area contributed by atoms with E-state index in [1.807, 2.05) is 18.2 Å². The number of anilines is 1. The molecule has 0 radical (unpaired) electrons. The fraction of sp³-hybridized carbons (Fsp3) is 0.250. The SMILES string of the molecule is O=c1[nH]c2c(c3c(N4CCOCC4)cccc13)Cc1ccccc1-2. The van der Waals surface area contributed by atoms with Crippen molar-refractivity contribution in [2.75, 3.05) is 31.2 Å². The number of morpholine rings is 1. The Morgan fingerprint density at radius 2 is 1.83 bits per heavy atom. The van der Waals surface area contributed by atoms with Gasteiger partial charge in [-0.25, -0.2) is 0 Å². The van der Waals surface area contributed by atoms with Crippen LogP contribution >= 0.6 is 0 Å². The Morgan fingerprint density at radius 3 is 2.71 bits per heavy atom. The average molecular weight is 318 g/mol. The standard InChI is InChI=1S/C20H18N2O2/c23-20-15-6-3-7-17(22-8-10-24-11-9-22)18(15)16-12-13-4-1-2-5-14(13)19(16)21-20/h1-7H,8-12H2,(H,21,23). The van der Waals surface area contributed by atoms with E-state index < -0.39 is 0 Å². The van der Waals surface area contributed by atoms with Gasteiger partial charge in [0.05, 0.1) is 18.9 Å². The smallest absolute Gasteiger partial charge is 0.256 e. The highest BCUT2D eigenvalue weighted by molar-refractivity contribution is 6.01. The summed E-state index contributed by atoms with van der Waals surface area (Å²) in [5.74, 6) is 0. The van der Waals surface area contributed by atoms with Crippen LogP contribution in [0.1, 0.15) is 11.1 Å². The normalized spacial score (nSPS) is 16.2. The summed E-state index contributed by atoms with van der Waals surface area (Å²) in [5.41, 5.74) is 5.83. The lowest BCUT2D eigenvalue weighted by molar-refractivity contribution is 0.123. The molecule has 0 saturated carbocycles. The van der Waals surface area contributed by atoms with E-state index in [1.54, 1.807) is 0 Å². The molecule has 5 rings (SSSR count). The Kier molecular flexibility index (Phi) is 3.00. The first kappa shape index (κ1) is 13.8. The lowest BCUT2D eigenvalue weighted by atomic mass is 10.0. The third-order valence-electron chi connectivity index (χ3n) is 5.13. The number of fused-ring (bicyclic) bond motifs is 5. The second-order valence-corrected chi connectivity index (χ2v) is 6.44. The zero-order valence-electron chi connectivity index (χ0n) is 13.3. The van der Waals surface area contributed by atoms with Gasteiger partial charge in [0.2, 0.25) is 0 Å². The second-order valence-electron chi connectivity index (χ2n) is 6.44. The first-order valence-electron chi connectivity index (χ1n) is 8.42. The second kappa shape index (κ2) is 5.21. The lowest BCUT2D eigenvalue weighted by Gasteiger charge is -2.30. The van der Waals surface area contributed by atoms with Crippen LogP contribution < -0.4 is 10.5 Å². The Bertz CT molecular complexity index is 1000. The van der Waals surface area contributed by atoms with Crippen molar-refractivity contribution in [1.29, 1.82) is 0 Å². The minimum absolute atomic E-state index is 0.00411. The van der Waals surface area contributed by atoms with Gasteiger partial charge in [0.15, 0.2) is 0 Å². The van der Waals surface area contributed by atoms with Crippen LogP contribution in [0.5, 0.6) is 0 Å². The summed E-state index contributed by atoms with van der Waals surface area (Å²) in [6, 6.07) is 14.4. The monoisotopic (exact) mass is 318 g/mol. The molecule has 4 nitrogen and oxygen atoms in total. The molecular formula is C20H18N2O2. The van der Waals surface area contributed by atoms with E-state index in [9.17, 15) is 4.79 Å². The van der Waals surface area contributed by atoms with Gasteiger partial charge in [-0.1, -0.05) is 30.3 Å². The molecule has 0 unspecified atom stereocenters. The summed E-state index contributed by atoms with van der Waals surface area (Å²) in [4.78, 5) is 18.1. The van der Waals surface area contributed by atoms with E-state index in [2.05, 4.69) is 34.1 Å². The molecule has 0 amide bonds. The third-order valence-corrected chi connectivity index (χ3v) is 5.13. The van der Waals surface area contributed by atoms with Crippen molar-refractivity contribution in [2.24, 2.45) is 0 Å². The van der Waals surface area contributed by atoms with Crippen LogP contribution in [0.2, 0.25) is 0 Å². The topological polar surface area (TPSA) is 45.3 Å². The molecule has 2 heterocycles. The number of nitrogens with one attached hydrogen (secondary N) is 1. The fourth-order valence-corrected chi connectivity index (χ4v) is 4.01. The van der Waals surface area contributed by atoms with E-state index in [-0.39, 0.29) is 5.56 Å². The lowest BCUT2D eigenvalue weighted by Crippen LogP contribution is -2.36. The molecule has 1 N–H and O–H groups in total. The molecule has 0 bridgehead atoms. The number of H-pyrrole nitrogens is 1. The molecule has 2 aromatic carbocycles. The summed E-state index contributed by atoms with van der Waals surface area (Å²) in [7, 11) is 0. The maximum atomic E-state index is 12.7. The first-order chi connectivity index (χ1) is 11.8. The predicted molar refractivity (Wildman–Crippen MR) is 95.8 cm³/mol. The van der Waals surface area contributed by atoms with Crippen molar-refractivity contribution in [3.8, 4) is 11.3 Å². The molecule has 1 saturated heterocycles. The molecule has 0 atom stereocenters. The fourth-order valence-electron chi connectivity index (χ4n) is 4.01. The van der Waals surface area contributed by atoms with Gasteiger partial charge in [-0.2, -0.15) is 0 Å². The van der Waals surface area contributed by atoms with E-state index >= 15 is 0 Å². The zero-order chi connectivity index (χ0) is 16.1. The number of aromatic nitrogens is 1. The maximum Gasteiger partial charge on any atom is 0.256 e. The molecule has 1 aromatic heterocycles. The minimum Gasteiger partial charge on any atom is -0.378 e. The number of hydrogen-bond donors (Lipinski definition) is 1. The molecule has 2 aliphatic rings. The van der Waals surface area contributed by atoms with Gasteiger partial charge in [-0.3, -0.25) is 4.79 Å². The number of benzene rings is 2. The largest absolute Gasteiger partial charge is 0.378 e. The number of nitrogens with zero attached hydrogens (tertiary/aromatic N) is 1. The summed E-state index contributed by atoms with van der Waals surface area (Å²) in [6.45, 7) is 3.21. The van der Waals surface area contributed by atoms with E-state index in [1.165, 1.54) is 11.1 Å². The number of ether oxygens (including phenoxy) is 1. The highest BCUT2D eigenvalue weighted by Crippen LogP contribution is 2.40. The van der Waals surface area contributed by atoms with Crippen LogP contribution in [0.25, 0.3) is 22.0 Å². The molecular weight excluding hydrogens is 300 g/mol. The van der Waals surface area contributed by atoms with Crippen LogP contribution in [0, 0.1) is 0 Å². The highest BCUT2D eigenvalue weighted by atomic mass is 16.5. The highest BCUT2D eigenvalue weighted by Gasteiger charge is 2.25. The summed E-state index contributed by atoms with van der Waals surface area (Å²) >= 11 is 0. The summed E-state index contributed by atoms with van der Waals surface area (Å²) < 4.78 is 5.49. The van der Waals surface area contributed by atoms with Crippen molar-refractivity contribution in [2.45, 2.75) is 6.42 Å². The molecule has 1 fully saturated rings. The van der Waals surface area contributed by atoms with Crippen molar-refractivity contribution in [1.82, 2.24) is 4.98 Å². The van der Waals surface area contributed by atoms with Crippen molar-refractivity contribution in [3.05, 3.63) is 63.9 Å². The maximum absolute atomic E-state index is 12.7. The van der Waals surface area contributed by atoms with E-state index in [0.717, 1.165) is 60.4 Å². The predicted octanol–water partition coefficient (Wildman–Crippen LogP) is 2.94. The Hall–Kier alpha value is -2.59. The Labute approximate surface area is 139 Å². The quantitative estimate of drug-likeness (QED) is 0.587. The molecule has 3 aromatic rings. The Balaban J connectivity index is 1.81. The average Bonchev–Trinajstić information content (AvgIpc) is 3.01. The first-order valence-corrected chi connectivity index (χ1v) is 8.42.